The Balaban J connectivity index is 1.99. The summed E-state index contributed by atoms with van der Waals surface area (Å²) < 4.78 is 5.13. The van der Waals surface area contributed by atoms with Crippen LogP contribution in [0.3, 0.4) is 0 Å². The van der Waals surface area contributed by atoms with E-state index in [4.69, 9.17) is 16.3 Å². The first-order valence-electron chi connectivity index (χ1n) is 6.38. The molecule has 0 aromatic heterocycles. The van der Waals surface area contributed by atoms with E-state index in [2.05, 4.69) is 36.5 Å². The fourth-order valence-corrected chi connectivity index (χ4v) is 2.13. The van der Waals surface area contributed by atoms with Crippen molar-refractivity contribution in [3.63, 3.8) is 0 Å². The van der Waals surface area contributed by atoms with Crippen LogP contribution in [0.2, 0.25) is 5.02 Å². The lowest BCUT2D eigenvalue weighted by atomic mass is 10.1. The third-order valence-electron chi connectivity index (χ3n) is 3.08. The molecule has 0 aliphatic heterocycles. The maximum atomic E-state index is 6.09. The van der Waals surface area contributed by atoms with Gasteiger partial charge in [0.1, 0.15) is 5.75 Å². The highest BCUT2D eigenvalue weighted by molar-refractivity contribution is 6.32. The van der Waals surface area contributed by atoms with Gasteiger partial charge >= 0.3 is 0 Å². The number of ether oxygens (including phenoxy) is 1. The summed E-state index contributed by atoms with van der Waals surface area (Å²) in [4.78, 5) is 0. The van der Waals surface area contributed by atoms with Gasteiger partial charge in [0.15, 0.2) is 0 Å². The van der Waals surface area contributed by atoms with Crippen molar-refractivity contribution in [3.05, 3.63) is 58.6 Å². The maximum absolute atomic E-state index is 6.09. The molecule has 19 heavy (non-hydrogen) atoms. The van der Waals surface area contributed by atoms with Crippen molar-refractivity contribution in [2.24, 2.45) is 0 Å². The number of anilines is 1. The minimum Gasteiger partial charge on any atom is -0.495 e. The molecule has 0 heterocycles. The largest absolute Gasteiger partial charge is 0.495 e. The van der Waals surface area contributed by atoms with Crippen molar-refractivity contribution in [2.75, 3.05) is 12.4 Å². The number of benzene rings is 2. The van der Waals surface area contributed by atoms with Crippen molar-refractivity contribution < 1.29 is 4.74 Å². The molecule has 0 saturated heterocycles. The lowest BCUT2D eigenvalue weighted by Gasteiger charge is -2.09. The summed E-state index contributed by atoms with van der Waals surface area (Å²) in [6.07, 6.45) is 1.07. The molecule has 0 atom stereocenters. The van der Waals surface area contributed by atoms with Gasteiger partial charge in [-0.15, -0.1) is 0 Å². The van der Waals surface area contributed by atoms with E-state index in [9.17, 15) is 0 Å². The van der Waals surface area contributed by atoms with E-state index in [0.29, 0.717) is 10.8 Å². The van der Waals surface area contributed by atoms with Crippen LogP contribution in [0, 0.1) is 0 Å². The number of hydrogen-bond acceptors (Lipinski definition) is 2. The molecule has 3 heteroatoms. The standard InChI is InChI=1S/C16H18ClNO/c1-3-12-4-6-13(7-5-12)11-18-14-8-9-16(19-2)15(17)10-14/h4-10,18H,3,11H2,1-2H3. The monoisotopic (exact) mass is 275 g/mol. The summed E-state index contributed by atoms with van der Waals surface area (Å²) in [5.74, 6) is 0.694. The van der Waals surface area contributed by atoms with E-state index in [1.165, 1.54) is 11.1 Å². The van der Waals surface area contributed by atoms with Crippen LogP contribution < -0.4 is 10.1 Å². The average molecular weight is 276 g/mol. The lowest BCUT2D eigenvalue weighted by molar-refractivity contribution is 0.415. The zero-order valence-corrected chi connectivity index (χ0v) is 12.0. The van der Waals surface area contributed by atoms with Crippen LogP contribution in [0.1, 0.15) is 18.1 Å². The first-order chi connectivity index (χ1) is 9.22. The molecule has 1 N–H and O–H groups in total. The van der Waals surface area contributed by atoms with E-state index in [1.807, 2.05) is 18.2 Å². The van der Waals surface area contributed by atoms with Gasteiger partial charge in [-0.25, -0.2) is 0 Å². The van der Waals surface area contributed by atoms with Gasteiger partial charge in [0.05, 0.1) is 12.1 Å². The van der Waals surface area contributed by atoms with Gasteiger partial charge in [-0.05, 0) is 35.7 Å². The zero-order valence-electron chi connectivity index (χ0n) is 11.2. The Morgan fingerprint density at radius 1 is 1.05 bits per heavy atom. The average Bonchev–Trinajstić information content (AvgIpc) is 2.46. The van der Waals surface area contributed by atoms with E-state index < -0.39 is 0 Å². The van der Waals surface area contributed by atoms with Crippen LogP contribution in [0.5, 0.6) is 5.75 Å². The van der Waals surface area contributed by atoms with E-state index >= 15 is 0 Å². The van der Waals surface area contributed by atoms with Gasteiger partial charge in [0.25, 0.3) is 0 Å². The lowest BCUT2D eigenvalue weighted by Crippen LogP contribution is -1.99. The molecule has 100 valence electrons. The molecule has 0 aliphatic rings. The van der Waals surface area contributed by atoms with E-state index in [0.717, 1.165) is 18.7 Å². The predicted molar refractivity (Wildman–Crippen MR) is 81.2 cm³/mol. The second-order valence-electron chi connectivity index (χ2n) is 4.37. The maximum Gasteiger partial charge on any atom is 0.137 e. The summed E-state index contributed by atoms with van der Waals surface area (Å²) in [6, 6.07) is 14.3. The smallest absolute Gasteiger partial charge is 0.137 e. The van der Waals surface area contributed by atoms with Gasteiger partial charge in [0.2, 0.25) is 0 Å². The summed E-state index contributed by atoms with van der Waals surface area (Å²) in [6.45, 7) is 2.94. The quantitative estimate of drug-likeness (QED) is 0.866. The number of nitrogens with one attached hydrogen (secondary N) is 1. The van der Waals surface area contributed by atoms with Gasteiger partial charge in [0, 0.05) is 12.2 Å². The van der Waals surface area contributed by atoms with Gasteiger partial charge in [-0.2, -0.15) is 0 Å². The van der Waals surface area contributed by atoms with Crippen molar-refractivity contribution in [2.45, 2.75) is 19.9 Å². The Morgan fingerprint density at radius 3 is 2.32 bits per heavy atom. The van der Waals surface area contributed by atoms with Gasteiger partial charge in [-0.1, -0.05) is 42.8 Å². The fourth-order valence-electron chi connectivity index (χ4n) is 1.87. The minimum atomic E-state index is 0.619. The van der Waals surface area contributed by atoms with Crippen molar-refractivity contribution in [1.82, 2.24) is 0 Å². The molecule has 2 aromatic carbocycles. The number of rotatable bonds is 5. The second-order valence-corrected chi connectivity index (χ2v) is 4.78. The molecule has 2 nitrogen and oxygen atoms in total. The normalized spacial score (nSPS) is 10.3. The topological polar surface area (TPSA) is 21.3 Å². The summed E-state index contributed by atoms with van der Waals surface area (Å²) in [5, 5.41) is 3.97. The highest BCUT2D eigenvalue weighted by atomic mass is 35.5. The molecule has 0 radical (unpaired) electrons. The van der Waals surface area contributed by atoms with Gasteiger partial charge in [-0.3, -0.25) is 0 Å². The summed E-state index contributed by atoms with van der Waals surface area (Å²) in [5.41, 5.74) is 3.60. The Morgan fingerprint density at radius 2 is 1.74 bits per heavy atom. The third-order valence-corrected chi connectivity index (χ3v) is 3.38. The molecule has 0 saturated carbocycles. The van der Waals surface area contributed by atoms with E-state index in [1.54, 1.807) is 7.11 Å². The van der Waals surface area contributed by atoms with Crippen LogP contribution in [-0.2, 0) is 13.0 Å². The second kappa shape index (κ2) is 6.48. The molecule has 0 bridgehead atoms. The Bertz CT molecular complexity index is 537. The molecule has 0 fully saturated rings. The molecule has 2 aromatic rings. The Hall–Kier alpha value is -1.67. The first kappa shape index (κ1) is 13.8. The molecule has 0 aliphatic carbocycles. The number of halogens is 1. The van der Waals surface area contributed by atoms with Crippen molar-refractivity contribution in [1.29, 1.82) is 0 Å². The molecule has 0 unspecified atom stereocenters. The molecular formula is C16H18ClNO. The molecule has 0 amide bonds. The van der Waals surface area contributed by atoms with Crippen LogP contribution in [0.4, 0.5) is 5.69 Å². The molecule has 2 rings (SSSR count). The van der Waals surface area contributed by atoms with Crippen LogP contribution >= 0.6 is 11.6 Å². The summed E-state index contributed by atoms with van der Waals surface area (Å²) in [7, 11) is 1.61. The minimum absolute atomic E-state index is 0.619. The summed E-state index contributed by atoms with van der Waals surface area (Å²) >= 11 is 6.09. The van der Waals surface area contributed by atoms with Crippen molar-refractivity contribution >= 4 is 17.3 Å². The third kappa shape index (κ3) is 3.65. The number of aryl methyl sites for hydroxylation is 1. The van der Waals surface area contributed by atoms with Crippen LogP contribution in [0.15, 0.2) is 42.5 Å². The Kier molecular flexibility index (Phi) is 4.69. The van der Waals surface area contributed by atoms with Crippen molar-refractivity contribution in [3.8, 4) is 5.75 Å². The van der Waals surface area contributed by atoms with Gasteiger partial charge < -0.3 is 10.1 Å². The number of hydrogen-bond donors (Lipinski definition) is 1. The fraction of sp³-hybridized carbons (Fsp3) is 0.250. The zero-order chi connectivity index (χ0) is 13.7. The number of methoxy groups -OCH3 is 1. The SMILES string of the molecule is CCc1ccc(CNc2ccc(OC)c(Cl)c2)cc1. The Labute approximate surface area is 119 Å². The highest BCUT2D eigenvalue weighted by Gasteiger charge is 2.01. The van der Waals surface area contributed by atoms with E-state index in [-0.39, 0.29) is 0 Å². The van der Waals surface area contributed by atoms with Crippen LogP contribution in [-0.4, -0.2) is 7.11 Å². The van der Waals surface area contributed by atoms with Crippen LogP contribution in [0.25, 0.3) is 0 Å². The molecule has 0 spiro atoms. The molecular weight excluding hydrogens is 258 g/mol. The first-order valence-corrected chi connectivity index (χ1v) is 6.76. The predicted octanol–water partition coefficient (Wildman–Crippen LogP) is 4.52. The highest BCUT2D eigenvalue weighted by Crippen LogP contribution is 2.27.